The Hall–Kier alpha value is -1.31. The molecule has 14 heavy (non-hydrogen) atoms. The van der Waals surface area contributed by atoms with Gasteiger partial charge in [-0.05, 0) is 6.92 Å². The second-order valence-corrected chi connectivity index (χ2v) is 4.61. The molecule has 0 atom stereocenters. The Labute approximate surface area is 83.6 Å². The third-order valence-electron chi connectivity index (χ3n) is 1.28. The lowest BCUT2D eigenvalue weighted by Crippen LogP contribution is -2.32. The van der Waals surface area contributed by atoms with Crippen molar-refractivity contribution in [1.82, 2.24) is 4.90 Å². The summed E-state index contributed by atoms with van der Waals surface area (Å²) in [5, 5.41) is 0. The molecule has 4 N–H and O–H groups in total. The average molecular weight is 221 g/mol. The van der Waals surface area contributed by atoms with Crippen molar-refractivity contribution in [3.63, 3.8) is 0 Å². The summed E-state index contributed by atoms with van der Waals surface area (Å²) in [4.78, 5) is 5.07. The molecule has 0 saturated carbocycles. The van der Waals surface area contributed by atoms with Crippen LogP contribution in [0.1, 0.15) is 6.92 Å². The lowest BCUT2D eigenvalue weighted by molar-refractivity contribution is 0.599. The van der Waals surface area contributed by atoms with Crippen LogP contribution in [0.2, 0.25) is 0 Å². The van der Waals surface area contributed by atoms with Crippen LogP contribution < -0.4 is 11.5 Å². The van der Waals surface area contributed by atoms with E-state index in [-0.39, 0.29) is 17.7 Å². The van der Waals surface area contributed by atoms with Crippen molar-refractivity contribution in [2.45, 2.75) is 6.92 Å². The summed E-state index contributed by atoms with van der Waals surface area (Å²) in [6.07, 6.45) is 0. The largest absolute Gasteiger partial charge is 0.369 e. The predicted octanol–water partition coefficient (Wildman–Crippen LogP) is -1.47. The number of aliphatic imine (C=N–C) groups is 1. The van der Waals surface area contributed by atoms with Gasteiger partial charge in [-0.2, -0.15) is 4.99 Å². The summed E-state index contributed by atoms with van der Waals surface area (Å²) >= 11 is 0. The SMILES string of the molecule is CCS(=O)(=O)N=C(N)N=C(N)N(C)C. The number of hydrogen-bond acceptors (Lipinski definition) is 2. The highest BCUT2D eigenvalue weighted by molar-refractivity contribution is 7.90. The topological polar surface area (TPSA) is 114 Å². The van der Waals surface area contributed by atoms with Gasteiger partial charge >= 0.3 is 0 Å². The van der Waals surface area contributed by atoms with Crippen LogP contribution in [0.5, 0.6) is 0 Å². The zero-order valence-electron chi connectivity index (χ0n) is 8.43. The third-order valence-corrected chi connectivity index (χ3v) is 2.48. The number of rotatable bonds is 2. The van der Waals surface area contributed by atoms with E-state index in [4.69, 9.17) is 11.5 Å². The lowest BCUT2D eigenvalue weighted by atomic mass is 10.8. The number of guanidine groups is 2. The van der Waals surface area contributed by atoms with Gasteiger partial charge in [-0.3, -0.25) is 0 Å². The first-order valence-electron chi connectivity index (χ1n) is 3.88. The Morgan fingerprint density at radius 2 is 1.86 bits per heavy atom. The van der Waals surface area contributed by atoms with Crippen molar-refractivity contribution in [1.29, 1.82) is 0 Å². The summed E-state index contributed by atoms with van der Waals surface area (Å²) in [5.41, 5.74) is 10.6. The van der Waals surface area contributed by atoms with E-state index in [1.165, 1.54) is 11.8 Å². The Bertz CT molecular complexity index is 343. The molecular formula is C6H15N5O2S. The minimum Gasteiger partial charge on any atom is -0.369 e. The van der Waals surface area contributed by atoms with Crippen LogP contribution in [0.15, 0.2) is 9.39 Å². The van der Waals surface area contributed by atoms with Crippen LogP contribution in [-0.2, 0) is 10.0 Å². The predicted molar refractivity (Wildman–Crippen MR) is 56.4 cm³/mol. The molecule has 0 rings (SSSR count). The molecule has 0 heterocycles. The van der Waals surface area contributed by atoms with Gasteiger partial charge in [0.05, 0.1) is 5.75 Å². The monoisotopic (exact) mass is 221 g/mol. The molecule has 0 aliphatic carbocycles. The summed E-state index contributed by atoms with van der Waals surface area (Å²) in [7, 11) is -0.202. The maximum Gasteiger partial charge on any atom is 0.256 e. The Morgan fingerprint density at radius 3 is 2.21 bits per heavy atom. The normalized spacial score (nSPS) is 14.2. The van der Waals surface area contributed by atoms with E-state index in [1.807, 2.05) is 0 Å². The van der Waals surface area contributed by atoms with E-state index in [9.17, 15) is 8.42 Å². The highest BCUT2D eigenvalue weighted by Crippen LogP contribution is 1.91. The van der Waals surface area contributed by atoms with Crippen molar-refractivity contribution in [3.05, 3.63) is 0 Å². The molecule has 8 heteroatoms. The minimum absolute atomic E-state index is 0.0950. The van der Waals surface area contributed by atoms with Gasteiger partial charge in [-0.1, -0.05) is 0 Å². The number of nitrogens with zero attached hydrogens (tertiary/aromatic N) is 3. The van der Waals surface area contributed by atoms with E-state index in [2.05, 4.69) is 9.39 Å². The van der Waals surface area contributed by atoms with Crippen molar-refractivity contribution in [2.24, 2.45) is 20.9 Å². The van der Waals surface area contributed by atoms with Crippen LogP contribution >= 0.6 is 0 Å². The molecule has 0 aliphatic rings. The molecule has 0 unspecified atom stereocenters. The van der Waals surface area contributed by atoms with E-state index in [0.717, 1.165) is 0 Å². The smallest absolute Gasteiger partial charge is 0.256 e. The zero-order valence-corrected chi connectivity index (χ0v) is 9.24. The standard InChI is InChI=1S/C6H15N5O2S/c1-4-14(12,13)10-5(7)9-6(8)11(2)3/h4H2,1-3H3,(H4,7,8,9,10). The van der Waals surface area contributed by atoms with Crippen LogP contribution in [0.3, 0.4) is 0 Å². The number of nitrogens with two attached hydrogens (primary N) is 2. The van der Waals surface area contributed by atoms with Gasteiger partial charge in [-0.25, -0.2) is 8.42 Å². The average Bonchev–Trinajstić information content (AvgIpc) is 2.02. The molecule has 0 radical (unpaired) electrons. The number of sulfonamides is 1. The molecule has 0 saturated heterocycles. The van der Waals surface area contributed by atoms with E-state index in [1.54, 1.807) is 14.1 Å². The summed E-state index contributed by atoms with van der Waals surface area (Å²) in [6, 6.07) is 0. The summed E-state index contributed by atoms with van der Waals surface area (Å²) in [5.74, 6) is -0.388. The van der Waals surface area contributed by atoms with E-state index >= 15 is 0 Å². The fourth-order valence-electron chi connectivity index (χ4n) is 0.445. The van der Waals surface area contributed by atoms with Crippen LogP contribution in [0, 0.1) is 0 Å². The highest BCUT2D eigenvalue weighted by atomic mass is 32.2. The van der Waals surface area contributed by atoms with Crippen LogP contribution in [0.25, 0.3) is 0 Å². The fraction of sp³-hybridized carbons (Fsp3) is 0.667. The van der Waals surface area contributed by atoms with Gasteiger partial charge in [0.25, 0.3) is 10.0 Å². The Morgan fingerprint density at radius 1 is 1.36 bits per heavy atom. The highest BCUT2D eigenvalue weighted by Gasteiger charge is 2.05. The van der Waals surface area contributed by atoms with Gasteiger partial charge in [-0.15, -0.1) is 4.40 Å². The van der Waals surface area contributed by atoms with Gasteiger partial charge in [0.1, 0.15) is 0 Å². The quantitative estimate of drug-likeness (QED) is 0.436. The second-order valence-electron chi connectivity index (χ2n) is 2.68. The van der Waals surface area contributed by atoms with Crippen LogP contribution in [0.4, 0.5) is 0 Å². The molecule has 0 aromatic rings. The van der Waals surface area contributed by atoms with Crippen molar-refractivity contribution in [2.75, 3.05) is 19.8 Å². The maximum atomic E-state index is 11.0. The van der Waals surface area contributed by atoms with Gasteiger partial charge in [0.2, 0.25) is 5.96 Å². The Kier molecular flexibility index (Phi) is 4.35. The number of hydrogen-bond donors (Lipinski definition) is 2. The van der Waals surface area contributed by atoms with Gasteiger partial charge in [0, 0.05) is 14.1 Å². The molecule has 0 spiro atoms. The molecule has 0 bridgehead atoms. The first-order valence-corrected chi connectivity index (χ1v) is 5.49. The fourth-order valence-corrected chi connectivity index (χ4v) is 0.900. The molecule has 82 valence electrons. The zero-order chi connectivity index (χ0) is 11.4. The van der Waals surface area contributed by atoms with E-state index < -0.39 is 10.0 Å². The molecule has 0 fully saturated rings. The second kappa shape index (κ2) is 4.80. The molecule has 0 amide bonds. The first-order chi connectivity index (χ1) is 6.28. The van der Waals surface area contributed by atoms with Crippen molar-refractivity contribution >= 4 is 21.9 Å². The lowest BCUT2D eigenvalue weighted by Gasteiger charge is -2.09. The van der Waals surface area contributed by atoms with Gasteiger partial charge in [0.15, 0.2) is 5.96 Å². The Balaban J connectivity index is 4.82. The van der Waals surface area contributed by atoms with E-state index in [0.29, 0.717) is 0 Å². The van der Waals surface area contributed by atoms with Gasteiger partial charge < -0.3 is 16.4 Å². The van der Waals surface area contributed by atoms with Crippen LogP contribution in [-0.4, -0.2) is 45.1 Å². The molecule has 0 aliphatic heterocycles. The molecule has 0 aromatic heterocycles. The van der Waals surface area contributed by atoms with Crippen molar-refractivity contribution < 1.29 is 8.42 Å². The third kappa shape index (κ3) is 4.65. The molecule has 7 nitrogen and oxygen atoms in total. The molecular weight excluding hydrogens is 206 g/mol. The molecule has 0 aromatic carbocycles. The summed E-state index contributed by atoms with van der Waals surface area (Å²) in [6.45, 7) is 1.46. The first kappa shape index (κ1) is 12.7. The minimum atomic E-state index is -3.51. The van der Waals surface area contributed by atoms with Crippen molar-refractivity contribution in [3.8, 4) is 0 Å². The summed E-state index contributed by atoms with van der Waals surface area (Å²) < 4.78 is 25.2. The maximum absolute atomic E-state index is 11.0.